The Morgan fingerprint density at radius 2 is 2.05 bits per heavy atom. The summed E-state index contributed by atoms with van der Waals surface area (Å²) in [6.07, 6.45) is 3.00. The first-order chi connectivity index (χ1) is 10.2. The summed E-state index contributed by atoms with van der Waals surface area (Å²) in [6.45, 7) is 8.83. The molecule has 1 aromatic heterocycles. The van der Waals surface area contributed by atoms with Crippen LogP contribution in [0.2, 0.25) is 0 Å². The summed E-state index contributed by atoms with van der Waals surface area (Å²) in [4.78, 5) is 9.41. The van der Waals surface area contributed by atoms with Gasteiger partial charge >= 0.3 is 0 Å². The van der Waals surface area contributed by atoms with Crippen LogP contribution in [-0.4, -0.2) is 42.1 Å². The van der Waals surface area contributed by atoms with Crippen molar-refractivity contribution < 1.29 is 0 Å². The van der Waals surface area contributed by atoms with Crippen LogP contribution in [0.1, 0.15) is 20.3 Å². The maximum absolute atomic E-state index is 6.24. The molecule has 2 N–H and O–H groups in total. The maximum Gasteiger partial charge on any atom is 0.0745 e. The van der Waals surface area contributed by atoms with Crippen LogP contribution in [0.3, 0.4) is 0 Å². The number of anilines is 2. The van der Waals surface area contributed by atoms with E-state index in [2.05, 4.69) is 46.8 Å². The number of nitrogens with two attached hydrogens (primary N) is 1. The van der Waals surface area contributed by atoms with Crippen LogP contribution in [0.15, 0.2) is 30.5 Å². The summed E-state index contributed by atoms with van der Waals surface area (Å²) in [7, 11) is 0. The Morgan fingerprint density at radius 1 is 1.29 bits per heavy atom. The quantitative estimate of drug-likeness (QED) is 0.937. The fraction of sp³-hybridized carbons (Fsp3) is 0.471. The van der Waals surface area contributed by atoms with Crippen molar-refractivity contribution in [3.8, 4) is 0 Å². The van der Waals surface area contributed by atoms with Crippen molar-refractivity contribution in [2.24, 2.45) is 0 Å². The second-order valence-electron chi connectivity index (χ2n) is 5.69. The number of para-hydroxylation sites is 1. The predicted octanol–water partition coefficient (Wildman–Crippen LogP) is 2.74. The number of hydrogen-bond donors (Lipinski definition) is 1. The van der Waals surface area contributed by atoms with Gasteiger partial charge in [0, 0.05) is 24.5 Å². The van der Waals surface area contributed by atoms with E-state index in [4.69, 9.17) is 5.73 Å². The van der Waals surface area contributed by atoms with Gasteiger partial charge < -0.3 is 10.6 Å². The summed E-state index contributed by atoms with van der Waals surface area (Å²) in [5, 5.41) is 1.16. The number of nitrogen functional groups attached to an aromatic ring is 1. The van der Waals surface area contributed by atoms with Crippen molar-refractivity contribution >= 4 is 22.3 Å². The predicted molar refractivity (Wildman–Crippen MR) is 89.7 cm³/mol. The summed E-state index contributed by atoms with van der Waals surface area (Å²) < 4.78 is 0. The molecule has 0 bridgehead atoms. The van der Waals surface area contributed by atoms with Crippen LogP contribution in [0.25, 0.3) is 10.9 Å². The van der Waals surface area contributed by atoms with Crippen molar-refractivity contribution in [1.82, 2.24) is 9.88 Å². The lowest BCUT2D eigenvalue weighted by Crippen LogP contribution is -2.37. The Morgan fingerprint density at radius 3 is 2.81 bits per heavy atom. The van der Waals surface area contributed by atoms with E-state index in [0.29, 0.717) is 6.04 Å². The number of nitrogens with zero attached hydrogens (tertiary/aromatic N) is 3. The molecule has 1 unspecified atom stereocenters. The van der Waals surface area contributed by atoms with E-state index < -0.39 is 0 Å². The highest BCUT2D eigenvalue weighted by Gasteiger charge is 2.28. The van der Waals surface area contributed by atoms with E-state index in [0.717, 1.165) is 48.5 Å². The minimum Gasteiger partial charge on any atom is -0.396 e. The minimum absolute atomic E-state index is 0.631. The smallest absolute Gasteiger partial charge is 0.0745 e. The molecular weight excluding hydrogens is 260 g/mol. The van der Waals surface area contributed by atoms with Crippen molar-refractivity contribution in [3.63, 3.8) is 0 Å². The van der Waals surface area contributed by atoms with Crippen LogP contribution in [-0.2, 0) is 0 Å². The maximum atomic E-state index is 6.24. The largest absolute Gasteiger partial charge is 0.396 e. The van der Waals surface area contributed by atoms with Gasteiger partial charge in [-0.1, -0.05) is 32.0 Å². The molecule has 4 heteroatoms. The number of likely N-dealkylation sites (N-methyl/N-ethyl adjacent to an activating group) is 1. The Bertz CT molecular complexity index is 621. The monoisotopic (exact) mass is 284 g/mol. The van der Waals surface area contributed by atoms with Gasteiger partial charge in [-0.05, 0) is 25.6 Å². The molecule has 1 aliphatic rings. The van der Waals surface area contributed by atoms with Crippen LogP contribution in [0.4, 0.5) is 11.4 Å². The molecule has 2 heterocycles. The molecule has 0 radical (unpaired) electrons. The molecule has 0 saturated carbocycles. The van der Waals surface area contributed by atoms with Crippen LogP contribution < -0.4 is 10.6 Å². The first kappa shape index (κ1) is 14.1. The van der Waals surface area contributed by atoms with E-state index in [1.54, 1.807) is 6.20 Å². The van der Waals surface area contributed by atoms with Crippen LogP contribution >= 0.6 is 0 Å². The fourth-order valence-electron chi connectivity index (χ4n) is 3.48. The number of hydrogen-bond acceptors (Lipinski definition) is 4. The molecular formula is C17H24N4. The van der Waals surface area contributed by atoms with Crippen molar-refractivity contribution in [3.05, 3.63) is 30.5 Å². The third kappa shape index (κ3) is 2.56. The highest BCUT2D eigenvalue weighted by atomic mass is 15.3. The average Bonchev–Trinajstić information content (AvgIpc) is 2.97. The highest BCUT2D eigenvalue weighted by molar-refractivity contribution is 5.97. The second kappa shape index (κ2) is 5.90. The highest BCUT2D eigenvalue weighted by Crippen LogP contribution is 2.34. The number of pyridine rings is 1. The van der Waals surface area contributed by atoms with E-state index in [9.17, 15) is 0 Å². The zero-order chi connectivity index (χ0) is 14.8. The van der Waals surface area contributed by atoms with E-state index in [-0.39, 0.29) is 0 Å². The molecule has 4 nitrogen and oxygen atoms in total. The molecule has 2 aromatic rings. The molecule has 1 aromatic carbocycles. The summed E-state index contributed by atoms with van der Waals surface area (Å²) >= 11 is 0. The van der Waals surface area contributed by atoms with Crippen LogP contribution in [0, 0.1) is 0 Å². The lowest BCUT2D eigenvalue weighted by Gasteiger charge is -2.27. The molecule has 1 aliphatic heterocycles. The molecule has 1 fully saturated rings. The minimum atomic E-state index is 0.631. The lowest BCUT2D eigenvalue weighted by atomic mass is 10.1. The van der Waals surface area contributed by atoms with Crippen molar-refractivity contribution in [1.29, 1.82) is 0 Å². The Balaban J connectivity index is 1.93. The Hall–Kier alpha value is -1.81. The van der Waals surface area contributed by atoms with Gasteiger partial charge in [0.2, 0.25) is 0 Å². The van der Waals surface area contributed by atoms with Gasteiger partial charge in [-0.25, -0.2) is 0 Å². The SMILES string of the molecule is CCN(CC)C1CCN(c2c(N)cnc3ccccc23)C1. The van der Waals surface area contributed by atoms with Gasteiger partial charge in [-0.2, -0.15) is 0 Å². The Labute approximate surface area is 126 Å². The first-order valence-corrected chi connectivity index (χ1v) is 7.86. The van der Waals surface area contributed by atoms with Crippen LogP contribution in [0.5, 0.6) is 0 Å². The summed E-state index contributed by atoms with van der Waals surface area (Å²) in [6, 6.07) is 8.89. The molecule has 0 amide bonds. The van der Waals surface area contributed by atoms with E-state index >= 15 is 0 Å². The molecule has 112 valence electrons. The topological polar surface area (TPSA) is 45.4 Å². The third-order valence-corrected chi connectivity index (χ3v) is 4.58. The first-order valence-electron chi connectivity index (χ1n) is 7.86. The van der Waals surface area contributed by atoms with Gasteiger partial charge in [-0.3, -0.25) is 9.88 Å². The van der Waals surface area contributed by atoms with Gasteiger partial charge in [-0.15, -0.1) is 0 Å². The zero-order valence-corrected chi connectivity index (χ0v) is 12.9. The molecule has 0 spiro atoms. The number of fused-ring (bicyclic) bond motifs is 1. The average molecular weight is 284 g/mol. The lowest BCUT2D eigenvalue weighted by molar-refractivity contribution is 0.232. The molecule has 21 heavy (non-hydrogen) atoms. The molecule has 1 saturated heterocycles. The zero-order valence-electron chi connectivity index (χ0n) is 12.9. The molecule has 1 atom stereocenters. The molecule has 0 aliphatic carbocycles. The van der Waals surface area contributed by atoms with Gasteiger partial charge in [0.05, 0.1) is 23.1 Å². The summed E-state index contributed by atoms with van der Waals surface area (Å²) in [5.41, 5.74) is 9.20. The second-order valence-corrected chi connectivity index (χ2v) is 5.69. The van der Waals surface area contributed by atoms with Crippen molar-refractivity contribution in [2.75, 3.05) is 36.8 Å². The van der Waals surface area contributed by atoms with E-state index in [1.165, 1.54) is 6.42 Å². The third-order valence-electron chi connectivity index (χ3n) is 4.58. The van der Waals surface area contributed by atoms with Gasteiger partial charge in [0.1, 0.15) is 0 Å². The fourth-order valence-corrected chi connectivity index (χ4v) is 3.48. The van der Waals surface area contributed by atoms with Gasteiger partial charge in [0.15, 0.2) is 0 Å². The standard InChI is InChI=1S/C17H24N4/c1-3-20(4-2)13-9-10-21(12-13)17-14-7-5-6-8-16(14)19-11-15(17)18/h5-8,11,13H,3-4,9-10,12,18H2,1-2H3. The van der Waals surface area contributed by atoms with E-state index in [1.807, 2.05) is 6.07 Å². The number of aromatic nitrogens is 1. The molecule has 3 rings (SSSR count). The van der Waals surface area contributed by atoms with Crippen molar-refractivity contribution in [2.45, 2.75) is 26.3 Å². The van der Waals surface area contributed by atoms with Gasteiger partial charge in [0.25, 0.3) is 0 Å². The number of rotatable bonds is 4. The normalized spacial score (nSPS) is 18.8. The Kier molecular flexibility index (Phi) is 3.97. The summed E-state index contributed by atoms with van der Waals surface area (Å²) in [5.74, 6) is 0. The number of benzene rings is 1.